The third kappa shape index (κ3) is 2.66. The van der Waals surface area contributed by atoms with E-state index in [4.69, 9.17) is 0 Å². The van der Waals surface area contributed by atoms with Crippen LogP contribution in [0, 0.1) is 10.5 Å². The molecule has 0 aliphatic carbocycles. The summed E-state index contributed by atoms with van der Waals surface area (Å²) in [6.45, 7) is 3.28. The van der Waals surface area contributed by atoms with Gasteiger partial charge in [-0.2, -0.15) is 0 Å². The van der Waals surface area contributed by atoms with Crippen LogP contribution in [-0.2, 0) is 4.74 Å². The molecule has 6 heteroatoms. The summed E-state index contributed by atoms with van der Waals surface area (Å²) in [5.41, 5.74) is -0.270. The number of carbonyl (C=O) groups is 1. The molecule has 0 fully saturated rings. The van der Waals surface area contributed by atoms with Gasteiger partial charge in [0.15, 0.2) is 5.69 Å². The Morgan fingerprint density at radius 3 is 2.75 bits per heavy atom. The van der Waals surface area contributed by atoms with E-state index in [0.717, 1.165) is 0 Å². The first-order valence-electron chi connectivity index (χ1n) is 4.59. The van der Waals surface area contributed by atoms with E-state index >= 15 is 0 Å². The summed E-state index contributed by atoms with van der Waals surface area (Å²) in [4.78, 5) is 15.1. The van der Waals surface area contributed by atoms with Crippen LogP contribution in [-0.4, -0.2) is 17.6 Å². The zero-order valence-corrected chi connectivity index (χ0v) is 10.9. The molecule has 1 heterocycles. The number of pyridine rings is 1. The fourth-order valence-electron chi connectivity index (χ4n) is 1.22. The Labute approximate surface area is 105 Å². The van der Waals surface area contributed by atoms with Gasteiger partial charge in [-0.05, 0) is 42.0 Å². The van der Waals surface area contributed by atoms with Crippen molar-refractivity contribution in [3.05, 3.63) is 26.6 Å². The Balaban J connectivity index is 3.28. The molecule has 0 amide bonds. The van der Waals surface area contributed by atoms with Crippen molar-refractivity contribution >= 4 is 28.6 Å². The molecule has 1 aromatic rings. The van der Waals surface area contributed by atoms with Gasteiger partial charge < -0.3 is 4.74 Å². The Hall–Kier alpha value is -0.790. The highest BCUT2D eigenvalue weighted by Crippen LogP contribution is 2.28. The van der Waals surface area contributed by atoms with Gasteiger partial charge in [0.05, 0.1) is 12.2 Å². The molecule has 16 heavy (non-hydrogen) atoms. The van der Waals surface area contributed by atoms with Crippen molar-refractivity contribution in [2.75, 3.05) is 6.61 Å². The fourth-order valence-corrected chi connectivity index (χ4v) is 1.65. The highest BCUT2D eigenvalue weighted by Gasteiger charge is 2.24. The van der Waals surface area contributed by atoms with Gasteiger partial charge in [0.2, 0.25) is 0 Å². The van der Waals surface area contributed by atoms with Crippen molar-refractivity contribution in [2.24, 2.45) is 0 Å². The Bertz CT molecular complexity index is 410. The average molecular weight is 341 g/mol. The largest absolute Gasteiger partial charge is 0.461 e. The topological polar surface area (TPSA) is 39.2 Å². The molecule has 0 aromatic carbocycles. The van der Waals surface area contributed by atoms with Crippen molar-refractivity contribution in [3.8, 4) is 0 Å². The molecule has 3 nitrogen and oxygen atoms in total. The van der Waals surface area contributed by atoms with Crippen LogP contribution in [0.4, 0.5) is 8.78 Å². The Morgan fingerprint density at radius 2 is 2.25 bits per heavy atom. The summed E-state index contributed by atoms with van der Waals surface area (Å²) < 4.78 is 30.9. The number of carbonyl (C=O) groups excluding carboxylic acids is 1. The van der Waals surface area contributed by atoms with Crippen LogP contribution < -0.4 is 0 Å². The summed E-state index contributed by atoms with van der Waals surface area (Å²) in [7, 11) is 0. The number of halogens is 3. The maximum atomic E-state index is 12.8. The molecule has 1 aromatic heterocycles. The second kappa shape index (κ2) is 5.51. The van der Waals surface area contributed by atoms with Gasteiger partial charge in [-0.15, -0.1) is 0 Å². The molecule has 0 saturated carbocycles. The Morgan fingerprint density at radius 1 is 1.62 bits per heavy atom. The van der Waals surface area contributed by atoms with Gasteiger partial charge in [-0.3, -0.25) is 0 Å². The summed E-state index contributed by atoms with van der Waals surface area (Å²) in [6.07, 6.45) is -1.35. The lowest BCUT2D eigenvalue weighted by molar-refractivity contribution is 0.0507. The smallest absolute Gasteiger partial charge is 0.357 e. The summed E-state index contributed by atoms with van der Waals surface area (Å²) >= 11 is 1.90. The lowest BCUT2D eigenvalue weighted by Crippen LogP contribution is -2.13. The molecule has 0 spiro atoms. The number of nitrogens with zero attached hydrogens (tertiary/aromatic N) is 1. The molecule has 0 N–H and O–H groups in total. The van der Waals surface area contributed by atoms with E-state index in [9.17, 15) is 13.6 Å². The van der Waals surface area contributed by atoms with Crippen LogP contribution in [0.3, 0.4) is 0 Å². The first-order chi connectivity index (χ1) is 7.49. The van der Waals surface area contributed by atoms with Crippen LogP contribution in [0.25, 0.3) is 0 Å². The predicted molar refractivity (Wildman–Crippen MR) is 62.6 cm³/mol. The average Bonchev–Trinajstić information content (AvgIpc) is 2.21. The number of esters is 1. The lowest BCUT2D eigenvalue weighted by atomic mass is 10.1. The molecule has 0 atom stereocenters. The van der Waals surface area contributed by atoms with Crippen molar-refractivity contribution in [3.63, 3.8) is 0 Å². The van der Waals surface area contributed by atoms with E-state index in [2.05, 4.69) is 9.72 Å². The molecule has 0 aliphatic heterocycles. The van der Waals surface area contributed by atoms with E-state index in [0.29, 0.717) is 9.13 Å². The third-order valence-corrected chi connectivity index (χ3v) is 3.10. The van der Waals surface area contributed by atoms with Crippen LogP contribution in [0.1, 0.15) is 35.0 Å². The molecular formula is C10H10F2INO2. The highest BCUT2D eigenvalue weighted by molar-refractivity contribution is 14.1. The quantitative estimate of drug-likeness (QED) is 0.627. The second-order valence-electron chi connectivity index (χ2n) is 3.01. The molecule has 0 bridgehead atoms. The van der Waals surface area contributed by atoms with Crippen LogP contribution in [0.15, 0.2) is 6.20 Å². The standard InChI is InChI=1S/C10H10F2INO2/c1-3-16-10(15)8-7(9(11)12)5(2)6(13)4-14-8/h4,9H,3H2,1-2H3. The normalized spacial score (nSPS) is 10.6. The minimum Gasteiger partial charge on any atom is -0.461 e. The maximum absolute atomic E-state index is 12.8. The van der Waals surface area contributed by atoms with Gasteiger partial charge in [0, 0.05) is 9.77 Å². The number of hydrogen-bond donors (Lipinski definition) is 0. The number of hydrogen-bond acceptors (Lipinski definition) is 3. The van der Waals surface area contributed by atoms with Gasteiger partial charge in [-0.1, -0.05) is 0 Å². The SMILES string of the molecule is CCOC(=O)c1ncc(I)c(C)c1C(F)F. The van der Waals surface area contributed by atoms with Crippen LogP contribution in [0.5, 0.6) is 0 Å². The van der Waals surface area contributed by atoms with Crippen LogP contribution >= 0.6 is 22.6 Å². The summed E-state index contributed by atoms with van der Waals surface area (Å²) in [5, 5.41) is 0. The van der Waals surface area contributed by atoms with Gasteiger partial charge in [0.25, 0.3) is 6.43 Å². The molecule has 88 valence electrons. The lowest BCUT2D eigenvalue weighted by Gasteiger charge is -2.11. The van der Waals surface area contributed by atoms with Gasteiger partial charge in [-0.25, -0.2) is 18.6 Å². The van der Waals surface area contributed by atoms with Crippen molar-refractivity contribution < 1.29 is 18.3 Å². The number of aromatic nitrogens is 1. The van der Waals surface area contributed by atoms with E-state index in [1.807, 2.05) is 22.6 Å². The fraction of sp³-hybridized carbons (Fsp3) is 0.400. The zero-order chi connectivity index (χ0) is 12.3. The zero-order valence-electron chi connectivity index (χ0n) is 8.76. The number of alkyl halides is 2. The first-order valence-corrected chi connectivity index (χ1v) is 5.67. The molecule has 0 unspecified atom stereocenters. The maximum Gasteiger partial charge on any atom is 0.357 e. The highest BCUT2D eigenvalue weighted by atomic mass is 127. The Kier molecular flexibility index (Phi) is 4.57. The third-order valence-electron chi connectivity index (χ3n) is 2.01. The summed E-state index contributed by atoms with van der Waals surface area (Å²) in [5.74, 6) is -0.808. The molecule has 0 saturated heterocycles. The number of ether oxygens (including phenoxy) is 1. The first kappa shape index (κ1) is 13.3. The van der Waals surface area contributed by atoms with Crippen LogP contribution in [0.2, 0.25) is 0 Å². The van der Waals surface area contributed by atoms with E-state index in [1.165, 1.54) is 13.1 Å². The van der Waals surface area contributed by atoms with Gasteiger partial charge >= 0.3 is 5.97 Å². The van der Waals surface area contributed by atoms with Crippen molar-refractivity contribution in [1.29, 1.82) is 0 Å². The van der Waals surface area contributed by atoms with Gasteiger partial charge in [0.1, 0.15) is 0 Å². The van der Waals surface area contributed by atoms with E-state index < -0.39 is 12.4 Å². The van der Waals surface area contributed by atoms with Crippen molar-refractivity contribution in [1.82, 2.24) is 4.98 Å². The minimum absolute atomic E-state index is 0.133. The molecule has 0 radical (unpaired) electrons. The molecular weight excluding hydrogens is 331 g/mol. The predicted octanol–water partition coefficient (Wildman–Crippen LogP) is 3.11. The van der Waals surface area contributed by atoms with E-state index in [-0.39, 0.29) is 17.9 Å². The summed E-state index contributed by atoms with van der Waals surface area (Å²) in [6, 6.07) is 0. The van der Waals surface area contributed by atoms with Crippen molar-refractivity contribution in [2.45, 2.75) is 20.3 Å². The minimum atomic E-state index is -2.73. The molecule has 1 rings (SSSR count). The monoisotopic (exact) mass is 341 g/mol. The van der Waals surface area contributed by atoms with E-state index in [1.54, 1.807) is 6.92 Å². The molecule has 0 aliphatic rings. The number of rotatable bonds is 3. The second-order valence-corrected chi connectivity index (χ2v) is 4.18.